The fourth-order valence-corrected chi connectivity index (χ4v) is 1.86. The number of halogens is 1. The lowest BCUT2D eigenvalue weighted by Gasteiger charge is -2.11. The van der Waals surface area contributed by atoms with Crippen LogP contribution in [0, 0.1) is 5.92 Å². The molecule has 1 heterocycles. The molecule has 1 atom stereocenters. The summed E-state index contributed by atoms with van der Waals surface area (Å²) < 4.78 is 0.684. The summed E-state index contributed by atoms with van der Waals surface area (Å²) in [6, 6.07) is 0. The molecule has 0 aliphatic rings. The van der Waals surface area contributed by atoms with Gasteiger partial charge in [-0.15, -0.1) is 0 Å². The Balaban J connectivity index is 2.86. The zero-order valence-corrected chi connectivity index (χ0v) is 11.9. The third-order valence-corrected chi connectivity index (χ3v) is 2.82. The number of aromatic nitrogens is 2. The fraction of sp³-hybridized carbons (Fsp3) is 0.385. The molecule has 1 aromatic rings. The van der Waals surface area contributed by atoms with Crippen LogP contribution in [-0.4, -0.2) is 9.97 Å². The van der Waals surface area contributed by atoms with Crippen LogP contribution in [0.25, 0.3) is 5.70 Å². The third-order valence-electron chi connectivity index (χ3n) is 2.44. The standard InChI is InChI=1S/C13H18BrN3/c1-4-5-6-9(2)7-11-13(10(3)15)17-12(14)8-16-11/h4-5,8-9H,3,6-7,15H2,1-2H3/b5-4+. The number of nitrogens with two attached hydrogens (primary N) is 1. The van der Waals surface area contributed by atoms with Crippen LogP contribution < -0.4 is 5.73 Å². The lowest BCUT2D eigenvalue weighted by Crippen LogP contribution is -2.09. The molecule has 3 nitrogen and oxygen atoms in total. The highest BCUT2D eigenvalue weighted by Crippen LogP contribution is 2.18. The molecule has 4 heteroatoms. The summed E-state index contributed by atoms with van der Waals surface area (Å²) in [5.74, 6) is 0.514. The maximum absolute atomic E-state index is 5.73. The molecule has 17 heavy (non-hydrogen) atoms. The first-order valence-corrected chi connectivity index (χ1v) is 6.41. The van der Waals surface area contributed by atoms with E-state index in [0.717, 1.165) is 18.5 Å². The Hall–Kier alpha value is -1.16. The van der Waals surface area contributed by atoms with E-state index < -0.39 is 0 Å². The van der Waals surface area contributed by atoms with Crippen LogP contribution in [0.3, 0.4) is 0 Å². The molecule has 0 aliphatic heterocycles. The average Bonchev–Trinajstić information content (AvgIpc) is 2.28. The zero-order chi connectivity index (χ0) is 12.8. The summed E-state index contributed by atoms with van der Waals surface area (Å²) in [6.45, 7) is 7.95. The summed E-state index contributed by atoms with van der Waals surface area (Å²) in [6.07, 6.45) is 7.81. The van der Waals surface area contributed by atoms with Gasteiger partial charge < -0.3 is 5.73 Å². The zero-order valence-electron chi connectivity index (χ0n) is 10.3. The van der Waals surface area contributed by atoms with Gasteiger partial charge in [-0.2, -0.15) is 0 Å². The highest BCUT2D eigenvalue weighted by molar-refractivity contribution is 9.10. The number of nitrogens with zero attached hydrogens (tertiary/aromatic N) is 2. The Labute approximate surface area is 111 Å². The topological polar surface area (TPSA) is 51.8 Å². The first-order chi connectivity index (χ1) is 8.04. The van der Waals surface area contributed by atoms with Crippen LogP contribution in [0.4, 0.5) is 0 Å². The minimum Gasteiger partial charge on any atom is -0.397 e. The van der Waals surface area contributed by atoms with Crippen molar-refractivity contribution in [1.29, 1.82) is 0 Å². The normalized spacial score (nSPS) is 12.9. The Kier molecular flexibility index (Phi) is 5.35. The third kappa shape index (κ3) is 4.30. The molecule has 0 aromatic carbocycles. The van der Waals surface area contributed by atoms with Crippen molar-refractivity contribution in [1.82, 2.24) is 9.97 Å². The van der Waals surface area contributed by atoms with Gasteiger partial charge in [-0.25, -0.2) is 4.98 Å². The highest BCUT2D eigenvalue weighted by atomic mass is 79.9. The summed E-state index contributed by atoms with van der Waals surface area (Å²) in [7, 11) is 0. The molecule has 0 amide bonds. The summed E-state index contributed by atoms with van der Waals surface area (Å²) in [5.41, 5.74) is 7.81. The molecule has 1 aromatic heterocycles. The molecular weight excluding hydrogens is 278 g/mol. The van der Waals surface area contributed by atoms with E-state index in [2.05, 4.69) is 51.6 Å². The van der Waals surface area contributed by atoms with Gasteiger partial charge in [-0.1, -0.05) is 25.7 Å². The predicted octanol–water partition coefficient (Wildman–Crippen LogP) is 3.31. The van der Waals surface area contributed by atoms with E-state index in [-0.39, 0.29) is 0 Å². The second-order valence-electron chi connectivity index (χ2n) is 4.13. The maximum atomic E-state index is 5.73. The molecule has 0 radical (unpaired) electrons. The highest BCUT2D eigenvalue weighted by Gasteiger charge is 2.11. The van der Waals surface area contributed by atoms with Gasteiger partial charge >= 0.3 is 0 Å². The minimum absolute atomic E-state index is 0.465. The van der Waals surface area contributed by atoms with Crippen LogP contribution >= 0.6 is 15.9 Å². The van der Waals surface area contributed by atoms with Crippen LogP contribution in [0.15, 0.2) is 29.5 Å². The van der Waals surface area contributed by atoms with E-state index in [1.54, 1.807) is 6.20 Å². The van der Waals surface area contributed by atoms with E-state index in [0.29, 0.717) is 21.9 Å². The van der Waals surface area contributed by atoms with Crippen molar-refractivity contribution in [2.45, 2.75) is 26.7 Å². The van der Waals surface area contributed by atoms with E-state index in [1.807, 2.05) is 6.92 Å². The van der Waals surface area contributed by atoms with Crippen molar-refractivity contribution < 1.29 is 0 Å². The predicted molar refractivity (Wildman–Crippen MR) is 75.3 cm³/mol. The summed E-state index contributed by atoms with van der Waals surface area (Å²) in [4.78, 5) is 8.69. The van der Waals surface area contributed by atoms with Gasteiger partial charge in [0.2, 0.25) is 0 Å². The monoisotopic (exact) mass is 295 g/mol. The van der Waals surface area contributed by atoms with Crippen LogP contribution in [0.2, 0.25) is 0 Å². The van der Waals surface area contributed by atoms with Crippen LogP contribution in [0.5, 0.6) is 0 Å². The van der Waals surface area contributed by atoms with E-state index >= 15 is 0 Å². The smallest absolute Gasteiger partial charge is 0.125 e. The lowest BCUT2D eigenvalue weighted by molar-refractivity contribution is 0.577. The number of rotatable bonds is 5. The van der Waals surface area contributed by atoms with Gasteiger partial charge in [0.25, 0.3) is 0 Å². The first kappa shape index (κ1) is 13.9. The van der Waals surface area contributed by atoms with E-state index in [9.17, 15) is 0 Å². The first-order valence-electron chi connectivity index (χ1n) is 5.62. The van der Waals surface area contributed by atoms with Crippen LogP contribution in [-0.2, 0) is 6.42 Å². The number of hydrogen-bond acceptors (Lipinski definition) is 3. The number of allylic oxidation sites excluding steroid dienone is 2. The van der Waals surface area contributed by atoms with Gasteiger partial charge in [0.1, 0.15) is 10.3 Å². The van der Waals surface area contributed by atoms with Gasteiger partial charge in [0, 0.05) is 0 Å². The molecule has 1 rings (SSSR count). The quantitative estimate of drug-likeness (QED) is 0.848. The van der Waals surface area contributed by atoms with Gasteiger partial charge in [0.05, 0.1) is 17.6 Å². The molecule has 0 aliphatic carbocycles. The Morgan fingerprint density at radius 3 is 2.94 bits per heavy atom. The van der Waals surface area contributed by atoms with Gasteiger partial charge in [-0.05, 0) is 41.6 Å². The van der Waals surface area contributed by atoms with Gasteiger partial charge in [-0.3, -0.25) is 4.98 Å². The molecule has 0 saturated heterocycles. The van der Waals surface area contributed by atoms with Crippen molar-refractivity contribution >= 4 is 21.6 Å². The largest absolute Gasteiger partial charge is 0.397 e. The molecule has 2 N–H and O–H groups in total. The molecule has 92 valence electrons. The summed E-state index contributed by atoms with van der Waals surface area (Å²) >= 11 is 3.29. The molecule has 0 saturated carbocycles. The van der Waals surface area contributed by atoms with Crippen LogP contribution in [0.1, 0.15) is 31.7 Å². The molecule has 0 spiro atoms. The molecule has 0 bridgehead atoms. The van der Waals surface area contributed by atoms with Crippen molar-refractivity contribution in [3.05, 3.63) is 40.9 Å². The summed E-state index contributed by atoms with van der Waals surface area (Å²) in [5, 5.41) is 0. The Morgan fingerprint density at radius 1 is 1.65 bits per heavy atom. The Morgan fingerprint density at radius 2 is 2.35 bits per heavy atom. The minimum atomic E-state index is 0.465. The molecule has 1 unspecified atom stereocenters. The number of hydrogen-bond donors (Lipinski definition) is 1. The van der Waals surface area contributed by atoms with Gasteiger partial charge in [0.15, 0.2) is 0 Å². The fourth-order valence-electron chi connectivity index (χ4n) is 1.58. The molecule has 0 fully saturated rings. The average molecular weight is 296 g/mol. The second-order valence-corrected chi connectivity index (χ2v) is 4.94. The van der Waals surface area contributed by atoms with Crippen molar-refractivity contribution in [3.63, 3.8) is 0 Å². The Bertz CT molecular complexity index is 427. The van der Waals surface area contributed by atoms with Crippen molar-refractivity contribution in [2.24, 2.45) is 11.7 Å². The SMILES string of the molecule is C=C(N)c1nc(Br)cnc1CC(C)C/C=C/C. The van der Waals surface area contributed by atoms with E-state index in [1.165, 1.54) is 0 Å². The second kappa shape index (κ2) is 6.55. The maximum Gasteiger partial charge on any atom is 0.125 e. The van der Waals surface area contributed by atoms with E-state index in [4.69, 9.17) is 5.73 Å². The van der Waals surface area contributed by atoms with Crippen molar-refractivity contribution in [2.75, 3.05) is 0 Å². The lowest BCUT2D eigenvalue weighted by atomic mass is 9.99. The molecular formula is C13H18BrN3. The van der Waals surface area contributed by atoms with Crippen molar-refractivity contribution in [3.8, 4) is 0 Å².